The van der Waals surface area contributed by atoms with E-state index in [0.29, 0.717) is 30.3 Å². The molecule has 1 aliphatic carbocycles. The highest BCUT2D eigenvalue weighted by molar-refractivity contribution is 5.89. The summed E-state index contributed by atoms with van der Waals surface area (Å²) < 4.78 is 99.9. The summed E-state index contributed by atoms with van der Waals surface area (Å²) in [6.45, 7) is 2.18. The number of hydrogen-bond acceptors (Lipinski definition) is 4. The van der Waals surface area contributed by atoms with Crippen LogP contribution >= 0.6 is 0 Å². The van der Waals surface area contributed by atoms with Crippen molar-refractivity contribution in [1.29, 1.82) is 5.26 Å². The van der Waals surface area contributed by atoms with E-state index in [9.17, 15) is 28.3 Å². The Bertz CT molecular complexity index is 1370. The molecule has 1 fully saturated rings. The third-order valence-electron chi connectivity index (χ3n) is 6.49. The van der Waals surface area contributed by atoms with Crippen LogP contribution in [-0.2, 0) is 14.9 Å². The van der Waals surface area contributed by atoms with E-state index in [-0.39, 0.29) is 19.1 Å². The standard InChI is InChI=1S/C27H21F6NO4/c1-2-3-13-10-37-26(38-11-13)17-7-18(30)22(25(35)36)24(33)23(17)27(12-34)8-19(31)21(20(32)9-27)14-4-15(28)6-16(29)5-14/h4-8,13,26H,2-3,9-11H2,1H3,(H,35,36). The van der Waals surface area contributed by atoms with E-state index < -0.39 is 86.8 Å². The van der Waals surface area contributed by atoms with E-state index in [2.05, 4.69) is 0 Å². The minimum Gasteiger partial charge on any atom is -0.477 e. The van der Waals surface area contributed by atoms with Gasteiger partial charge in [-0.05, 0) is 36.3 Å². The summed E-state index contributed by atoms with van der Waals surface area (Å²) in [5, 5.41) is 19.5. The molecule has 0 spiro atoms. The van der Waals surface area contributed by atoms with Gasteiger partial charge in [-0.2, -0.15) is 5.26 Å². The molecule has 1 heterocycles. The lowest BCUT2D eigenvalue weighted by Crippen LogP contribution is -2.33. The van der Waals surface area contributed by atoms with Crippen LogP contribution in [0.3, 0.4) is 0 Å². The third-order valence-corrected chi connectivity index (χ3v) is 6.49. The largest absolute Gasteiger partial charge is 0.477 e. The minimum atomic E-state index is -2.52. The molecule has 200 valence electrons. The molecule has 0 radical (unpaired) electrons. The summed E-state index contributed by atoms with van der Waals surface area (Å²) in [5.41, 5.74) is -6.61. The number of ether oxygens (including phenoxy) is 2. The molecule has 1 unspecified atom stereocenters. The number of allylic oxidation sites excluding steroid dienone is 4. The molecule has 2 aromatic rings. The van der Waals surface area contributed by atoms with E-state index >= 15 is 13.2 Å². The van der Waals surface area contributed by atoms with E-state index in [1.165, 1.54) is 0 Å². The van der Waals surface area contributed by atoms with Gasteiger partial charge >= 0.3 is 5.97 Å². The summed E-state index contributed by atoms with van der Waals surface area (Å²) in [7, 11) is 0. The molecule has 2 aromatic carbocycles. The Morgan fingerprint density at radius 3 is 2.24 bits per heavy atom. The number of benzene rings is 2. The van der Waals surface area contributed by atoms with Gasteiger partial charge in [-0.25, -0.2) is 31.1 Å². The first-order valence-electron chi connectivity index (χ1n) is 11.6. The average molecular weight is 537 g/mol. The minimum absolute atomic E-state index is 0.0285. The molecule has 1 saturated heterocycles. The number of hydrogen-bond donors (Lipinski definition) is 1. The van der Waals surface area contributed by atoms with E-state index in [1.807, 2.05) is 6.92 Å². The molecule has 0 saturated carbocycles. The Labute approximate surface area is 213 Å². The maximum atomic E-state index is 15.7. The van der Waals surface area contributed by atoms with Crippen LogP contribution in [0.1, 0.15) is 59.5 Å². The number of carbonyl (C=O) groups is 1. The fourth-order valence-corrected chi connectivity index (χ4v) is 4.85. The van der Waals surface area contributed by atoms with E-state index in [0.717, 1.165) is 12.8 Å². The molecule has 38 heavy (non-hydrogen) atoms. The van der Waals surface area contributed by atoms with Gasteiger partial charge in [0.15, 0.2) is 6.29 Å². The van der Waals surface area contributed by atoms with Crippen molar-refractivity contribution >= 4 is 11.5 Å². The molecule has 2 aliphatic rings. The van der Waals surface area contributed by atoms with Gasteiger partial charge in [-0.1, -0.05) is 13.3 Å². The van der Waals surface area contributed by atoms with Crippen LogP contribution < -0.4 is 0 Å². The second-order valence-electron chi connectivity index (χ2n) is 9.16. The number of aromatic carboxylic acids is 1. The normalized spacial score (nSPS) is 23.7. The highest BCUT2D eigenvalue weighted by Gasteiger charge is 2.45. The topological polar surface area (TPSA) is 79.5 Å². The van der Waals surface area contributed by atoms with Crippen LogP contribution in [0.5, 0.6) is 0 Å². The molecule has 11 heteroatoms. The number of halogens is 6. The average Bonchev–Trinajstić information content (AvgIpc) is 2.83. The van der Waals surface area contributed by atoms with Crippen molar-refractivity contribution in [3.8, 4) is 6.07 Å². The zero-order valence-corrected chi connectivity index (χ0v) is 20.0. The first-order chi connectivity index (χ1) is 18.0. The highest BCUT2D eigenvalue weighted by atomic mass is 19.2. The first-order valence-corrected chi connectivity index (χ1v) is 11.6. The van der Waals surface area contributed by atoms with Crippen LogP contribution in [0.4, 0.5) is 26.3 Å². The maximum absolute atomic E-state index is 15.7. The van der Waals surface area contributed by atoms with Gasteiger partial charge in [0.2, 0.25) is 0 Å². The van der Waals surface area contributed by atoms with Gasteiger partial charge in [0, 0.05) is 35.1 Å². The van der Waals surface area contributed by atoms with Crippen molar-refractivity contribution in [2.75, 3.05) is 13.2 Å². The number of nitrogens with zero attached hydrogens (tertiary/aromatic N) is 1. The zero-order valence-electron chi connectivity index (χ0n) is 20.0. The summed E-state index contributed by atoms with van der Waals surface area (Å²) in [6.07, 6.45) is -0.450. The van der Waals surface area contributed by atoms with E-state index in [4.69, 9.17) is 9.47 Å². The van der Waals surface area contributed by atoms with Gasteiger partial charge in [0.1, 0.15) is 45.9 Å². The van der Waals surface area contributed by atoms with Crippen LogP contribution in [0, 0.1) is 40.5 Å². The van der Waals surface area contributed by atoms with Crippen molar-refractivity contribution in [3.63, 3.8) is 0 Å². The number of rotatable bonds is 6. The van der Waals surface area contributed by atoms with Crippen molar-refractivity contribution in [2.45, 2.75) is 37.9 Å². The lowest BCUT2D eigenvalue weighted by Gasteiger charge is -2.35. The van der Waals surface area contributed by atoms with Crippen LogP contribution in [0.2, 0.25) is 0 Å². The molecule has 0 bridgehead atoms. The fraction of sp³-hybridized carbons (Fsp3) is 0.333. The quantitative estimate of drug-likeness (QED) is 0.410. The summed E-state index contributed by atoms with van der Waals surface area (Å²) in [5.74, 6) is -10.3. The van der Waals surface area contributed by atoms with Gasteiger partial charge in [0.25, 0.3) is 0 Å². The Kier molecular flexibility index (Phi) is 7.67. The number of nitriles is 1. The Morgan fingerprint density at radius 1 is 1.08 bits per heavy atom. The predicted molar refractivity (Wildman–Crippen MR) is 122 cm³/mol. The Balaban J connectivity index is 1.88. The summed E-state index contributed by atoms with van der Waals surface area (Å²) in [4.78, 5) is 11.6. The molecule has 1 aliphatic heterocycles. The van der Waals surface area contributed by atoms with Gasteiger partial charge in [-0.3, -0.25) is 0 Å². The van der Waals surface area contributed by atoms with Gasteiger partial charge < -0.3 is 14.6 Å². The molecule has 0 amide bonds. The number of carboxylic acid groups (broad SMARTS) is 1. The van der Waals surface area contributed by atoms with Crippen LogP contribution in [0.25, 0.3) is 5.57 Å². The molecule has 5 nitrogen and oxygen atoms in total. The monoisotopic (exact) mass is 537 g/mol. The molecule has 0 aromatic heterocycles. The second kappa shape index (κ2) is 10.6. The molecular formula is C27H21F6NO4. The molecule has 1 N–H and O–H groups in total. The van der Waals surface area contributed by atoms with Gasteiger partial charge in [0.05, 0.1) is 19.3 Å². The first kappa shape index (κ1) is 27.4. The highest BCUT2D eigenvalue weighted by Crippen LogP contribution is 2.48. The van der Waals surface area contributed by atoms with Crippen molar-refractivity contribution in [2.24, 2.45) is 5.92 Å². The summed E-state index contributed by atoms with van der Waals surface area (Å²) in [6, 6.07) is 4.07. The Hall–Kier alpha value is -3.62. The lowest BCUT2D eigenvalue weighted by molar-refractivity contribution is -0.206. The smallest absolute Gasteiger partial charge is 0.341 e. The van der Waals surface area contributed by atoms with Crippen LogP contribution in [0.15, 0.2) is 42.0 Å². The van der Waals surface area contributed by atoms with Gasteiger partial charge in [-0.15, -0.1) is 0 Å². The lowest BCUT2D eigenvalue weighted by atomic mass is 9.71. The number of carboxylic acids is 1. The molecule has 1 atom stereocenters. The third kappa shape index (κ3) is 4.93. The van der Waals surface area contributed by atoms with Crippen molar-refractivity contribution in [1.82, 2.24) is 0 Å². The summed E-state index contributed by atoms with van der Waals surface area (Å²) >= 11 is 0. The second-order valence-corrected chi connectivity index (χ2v) is 9.16. The zero-order chi connectivity index (χ0) is 27.8. The molecule has 4 rings (SSSR count). The van der Waals surface area contributed by atoms with Crippen LogP contribution in [-0.4, -0.2) is 24.3 Å². The Morgan fingerprint density at radius 2 is 1.71 bits per heavy atom. The molecular weight excluding hydrogens is 516 g/mol. The SMILES string of the molecule is CCCC1COC(c2cc(F)c(C(=O)O)c(F)c2C2(C#N)C=C(F)C(c3cc(F)cc(F)c3)=C(F)C2)OC1. The van der Waals surface area contributed by atoms with E-state index in [1.54, 1.807) is 6.07 Å². The van der Waals surface area contributed by atoms with Crippen molar-refractivity contribution < 1.29 is 45.7 Å². The predicted octanol–water partition coefficient (Wildman–Crippen LogP) is 6.80. The fourth-order valence-electron chi connectivity index (χ4n) is 4.85. The maximum Gasteiger partial charge on any atom is 0.341 e. The van der Waals surface area contributed by atoms with Crippen molar-refractivity contribution in [3.05, 3.63) is 87.5 Å².